The standard InChI is InChI=1S/C14H8F4N4O2S/c15-8-3-1-7(2-4-8)12-22-21-11(24-12)6-25-13-19-9(14(16,17)18)5-10(23)20-13/h1-5H,6H2,(H,19,20,23). The van der Waals surface area contributed by atoms with Crippen LogP contribution in [0.3, 0.4) is 0 Å². The third-order valence-corrected chi connectivity index (χ3v) is 3.70. The Bertz CT molecular complexity index is 883. The van der Waals surface area contributed by atoms with Gasteiger partial charge < -0.3 is 9.52 Å². The molecule has 0 spiro atoms. The first-order valence-corrected chi connectivity index (χ1v) is 7.66. The number of hydrogen-bond donors (Lipinski definition) is 1. The zero-order valence-corrected chi connectivity index (χ0v) is 13.0. The third kappa shape index (κ3) is 4.24. The quantitative estimate of drug-likeness (QED) is 0.425. The SMILES string of the molecule is Oc1cc(C(F)(F)F)nc(SCc2nnc(-c3ccc(F)cc3)o2)n1. The predicted octanol–water partition coefficient (Wildman–Crippen LogP) is 3.68. The first kappa shape index (κ1) is 17.1. The molecule has 0 aliphatic heterocycles. The minimum Gasteiger partial charge on any atom is -0.493 e. The molecular weight excluding hydrogens is 364 g/mol. The molecule has 130 valence electrons. The van der Waals surface area contributed by atoms with Crippen molar-refractivity contribution in [3.05, 3.63) is 47.7 Å². The number of aromatic hydroxyl groups is 1. The molecule has 0 aliphatic carbocycles. The highest BCUT2D eigenvalue weighted by Gasteiger charge is 2.33. The molecule has 0 fully saturated rings. The molecule has 11 heteroatoms. The highest BCUT2D eigenvalue weighted by Crippen LogP contribution is 2.31. The fraction of sp³-hybridized carbons (Fsp3) is 0.143. The molecule has 0 bridgehead atoms. The minimum atomic E-state index is -4.70. The molecule has 25 heavy (non-hydrogen) atoms. The van der Waals surface area contributed by atoms with E-state index in [0.717, 1.165) is 11.8 Å². The Morgan fingerprint density at radius 2 is 1.80 bits per heavy atom. The molecule has 0 saturated carbocycles. The van der Waals surface area contributed by atoms with Crippen molar-refractivity contribution in [2.45, 2.75) is 17.1 Å². The number of rotatable bonds is 4. The molecule has 1 aromatic carbocycles. The van der Waals surface area contributed by atoms with Crippen LogP contribution in [0.1, 0.15) is 11.6 Å². The van der Waals surface area contributed by atoms with Crippen molar-refractivity contribution in [1.29, 1.82) is 0 Å². The van der Waals surface area contributed by atoms with E-state index in [2.05, 4.69) is 20.2 Å². The van der Waals surface area contributed by atoms with E-state index in [-0.39, 0.29) is 22.7 Å². The highest BCUT2D eigenvalue weighted by molar-refractivity contribution is 7.98. The largest absolute Gasteiger partial charge is 0.493 e. The Morgan fingerprint density at radius 1 is 1.08 bits per heavy atom. The van der Waals surface area contributed by atoms with E-state index in [1.165, 1.54) is 24.3 Å². The summed E-state index contributed by atoms with van der Waals surface area (Å²) in [4.78, 5) is 6.84. The normalized spacial score (nSPS) is 11.7. The summed E-state index contributed by atoms with van der Waals surface area (Å²) in [5, 5.41) is 16.5. The van der Waals surface area contributed by atoms with Crippen LogP contribution in [0, 0.1) is 5.82 Å². The fourth-order valence-electron chi connectivity index (χ4n) is 1.77. The summed E-state index contributed by atoms with van der Waals surface area (Å²) in [6, 6.07) is 5.80. The lowest BCUT2D eigenvalue weighted by Crippen LogP contribution is -2.09. The smallest absolute Gasteiger partial charge is 0.433 e. The van der Waals surface area contributed by atoms with Crippen LogP contribution < -0.4 is 0 Å². The van der Waals surface area contributed by atoms with Gasteiger partial charge in [-0.25, -0.2) is 9.37 Å². The molecule has 0 aliphatic rings. The van der Waals surface area contributed by atoms with Gasteiger partial charge in [0, 0.05) is 11.6 Å². The molecule has 0 saturated heterocycles. The molecule has 0 radical (unpaired) electrons. The Morgan fingerprint density at radius 3 is 2.48 bits per heavy atom. The summed E-state index contributed by atoms with van der Waals surface area (Å²) >= 11 is 0.790. The van der Waals surface area contributed by atoms with Gasteiger partial charge in [0.05, 0.1) is 5.75 Å². The van der Waals surface area contributed by atoms with E-state index < -0.39 is 23.6 Å². The molecule has 0 atom stereocenters. The second-order valence-corrected chi connectivity index (χ2v) is 5.63. The van der Waals surface area contributed by atoms with Gasteiger partial charge in [-0.2, -0.15) is 18.2 Å². The molecule has 1 N–H and O–H groups in total. The van der Waals surface area contributed by atoms with Crippen LogP contribution in [0.15, 0.2) is 39.9 Å². The van der Waals surface area contributed by atoms with Crippen molar-refractivity contribution in [1.82, 2.24) is 20.2 Å². The van der Waals surface area contributed by atoms with Gasteiger partial charge in [-0.1, -0.05) is 11.8 Å². The molecular formula is C14H8F4N4O2S. The zero-order valence-electron chi connectivity index (χ0n) is 12.2. The number of aromatic nitrogens is 4. The van der Waals surface area contributed by atoms with Crippen LogP contribution in [-0.2, 0) is 11.9 Å². The van der Waals surface area contributed by atoms with Gasteiger partial charge >= 0.3 is 6.18 Å². The lowest BCUT2D eigenvalue weighted by molar-refractivity contribution is -0.141. The van der Waals surface area contributed by atoms with E-state index in [1.807, 2.05) is 0 Å². The summed E-state index contributed by atoms with van der Waals surface area (Å²) < 4.78 is 56.2. The van der Waals surface area contributed by atoms with E-state index in [1.54, 1.807) is 0 Å². The average molecular weight is 372 g/mol. The molecule has 3 rings (SSSR count). The number of nitrogens with zero attached hydrogens (tertiary/aromatic N) is 4. The van der Waals surface area contributed by atoms with Crippen LogP contribution in [0.2, 0.25) is 0 Å². The maximum Gasteiger partial charge on any atom is 0.433 e. The van der Waals surface area contributed by atoms with Gasteiger partial charge in [-0.3, -0.25) is 0 Å². The lowest BCUT2D eigenvalue weighted by atomic mass is 10.2. The van der Waals surface area contributed by atoms with Crippen LogP contribution in [0.4, 0.5) is 17.6 Å². The average Bonchev–Trinajstić information content (AvgIpc) is 3.01. The van der Waals surface area contributed by atoms with Gasteiger partial charge in [0.25, 0.3) is 0 Å². The van der Waals surface area contributed by atoms with Gasteiger partial charge in [-0.05, 0) is 24.3 Å². The van der Waals surface area contributed by atoms with Crippen LogP contribution in [0.5, 0.6) is 5.88 Å². The van der Waals surface area contributed by atoms with Gasteiger partial charge in [0.1, 0.15) is 5.82 Å². The van der Waals surface area contributed by atoms with Crippen molar-refractivity contribution in [3.8, 4) is 17.3 Å². The molecule has 2 aromatic heterocycles. The Balaban J connectivity index is 1.72. The first-order valence-electron chi connectivity index (χ1n) is 6.67. The predicted molar refractivity (Wildman–Crippen MR) is 78.0 cm³/mol. The Hall–Kier alpha value is -2.69. The molecule has 0 amide bonds. The molecule has 6 nitrogen and oxygen atoms in total. The van der Waals surface area contributed by atoms with Gasteiger partial charge in [0.2, 0.25) is 17.7 Å². The Labute approximate surface area is 141 Å². The number of alkyl halides is 3. The Kier molecular flexibility index (Phi) is 4.57. The van der Waals surface area contributed by atoms with E-state index in [0.29, 0.717) is 11.6 Å². The van der Waals surface area contributed by atoms with E-state index >= 15 is 0 Å². The third-order valence-electron chi connectivity index (χ3n) is 2.87. The molecule has 3 aromatic rings. The monoisotopic (exact) mass is 372 g/mol. The van der Waals surface area contributed by atoms with Crippen LogP contribution >= 0.6 is 11.8 Å². The zero-order chi connectivity index (χ0) is 18.0. The van der Waals surface area contributed by atoms with E-state index in [9.17, 15) is 22.7 Å². The van der Waals surface area contributed by atoms with Crippen LogP contribution in [0.25, 0.3) is 11.5 Å². The lowest BCUT2D eigenvalue weighted by Gasteiger charge is -2.07. The summed E-state index contributed by atoms with van der Waals surface area (Å²) in [6.07, 6.45) is -4.70. The van der Waals surface area contributed by atoms with Crippen molar-refractivity contribution in [2.24, 2.45) is 0 Å². The van der Waals surface area contributed by atoms with Crippen molar-refractivity contribution in [2.75, 3.05) is 0 Å². The second kappa shape index (κ2) is 6.67. The van der Waals surface area contributed by atoms with Gasteiger partial charge in [0.15, 0.2) is 10.9 Å². The summed E-state index contributed by atoms with van der Waals surface area (Å²) in [7, 11) is 0. The number of benzene rings is 1. The van der Waals surface area contributed by atoms with Gasteiger partial charge in [-0.15, -0.1) is 10.2 Å². The van der Waals surface area contributed by atoms with Crippen molar-refractivity contribution < 1.29 is 27.1 Å². The number of thioether (sulfide) groups is 1. The van der Waals surface area contributed by atoms with Crippen LogP contribution in [-0.4, -0.2) is 25.3 Å². The maximum absolute atomic E-state index is 12.9. The minimum absolute atomic E-state index is 0.00501. The van der Waals surface area contributed by atoms with Crippen molar-refractivity contribution in [3.63, 3.8) is 0 Å². The highest BCUT2D eigenvalue weighted by atomic mass is 32.2. The number of hydrogen-bond acceptors (Lipinski definition) is 7. The summed E-state index contributed by atoms with van der Waals surface area (Å²) in [5.41, 5.74) is -0.752. The first-order chi connectivity index (χ1) is 11.8. The second-order valence-electron chi connectivity index (χ2n) is 4.69. The number of halogens is 4. The molecule has 2 heterocycles. The fourth-order valence-corrected chi connectivity index (χ4v) is 2.46. The molecule has 0 unspecified atom stereocenters. The maximum atomic E-state index is 12.9. The summed E-state index contributed by atoms with van der Waals surface area (Å²) in [5.74, 6) is -0.953. The van der Waals surface area contributed by atoms with E-state index in [4.69, 9.17) is 4.42 Å². The van der Waals surface area contributed by atoms with Crippen molar-refractivity contribution >= 4 is 11.8 Å². The summed E-state index contributed by atoms with van der Waals surface area (Å²) in [6.45, 7) is 0. The topological polar surface area (TPSA) is 84.9 Å².